The first-order valence-corrected chi connectivity index (χ1v) is 7.88. The van der Waals surface area contributed by atoms with Gasteiger partial charge in [-0.25, -0.2) is 4.79 Å². The van der Waals surface area contributed by atoms with Crippen LogP contribution in [0, 0.1) is 5.41 Å². The van der Waals surface area contributed by atoms with Gasteiger partial charge in [0.1, 0.15) is 6.23 Å². The molecule has 2 atom stereocenters. The Balaban J connectivity index is 2.73. The van der Waals surface area contributed by atoms with Crippen molar-refractivity contribution in [3.8, 4) is 0 Å². The highest BCUT2D eigenvalue weighted by Crippen LogP contribution is 2.32. The van der Waals surface area contributed by atoms with Crippen LogP contribution in [0.1, 0.15) is 47.0 Å². The molecule has 1 heterocycles. The van der Waals surface area contributed by atoms with Crippen LogP contribution >= 0.6 is 0 Å². The number of nitrogens with zero attached hydrogens (tertiary/aromatic N) is 1. The summed E-state index contributed by atoms with van der Waals surface area (Å²) in [7, 11) is 1.29. The van der Waals surface area contributed by atoms with Crippen molar-refractivity contribution in [1.29, 1.82) is 0 Å². The zero-order valence-electron chi connectivity index (χ0n) is 14.6. The molecule has 23 heavy (non-hydrogen) atoms. The molecule has 0 saturated carbocycles. The van der Waals surface area contributed by atoms with Crippen LogP contribution in [0.4, 0.5) is 0 Å². The van der Waals surface area contributed by atoms with Gasteiger partial charge in [0.05, 0.1) is 20.3 Å². The van der Waals surface area contributed by atoms with Crippen LogP contribution in [-0.2, 0) is 28.6 Å². The summed E-state index contributed by atoms with van der Waals surface area (Å²) in [6, 6.07) is -0.737. The lowest BCUT2D eigenvalue weighted by Gasteiger charge is -2.35. The van der Waals surface area contributed by atoms with Gasteiger partial charge in [0.2, 0.25) is 5.91 Å². The second-order valence-electron chi connectivity index (χ2n) is 6.55. The maximum atomic E-state index is 12.6. The van der Waals surface area contributed by atoms with Crippen molar-refractivity contribution in [3.05, 3.63) is 0 Å². The minimum absolute atomic E-state index is 0.123. The first-order chi connectivity index (χ1) is 10.7. The summed E-state index contributed by atoms with van der Waals surface area (Å²) in [5.41, 5.74) is -0.334. The summed E-state index contributed by atoms with van der Waals surface area (Å²) < 4.78 is 15.3. The van der Waals surface area contributed by atoms with E-state index in [2.05, 4.69) is 0 Å². The predicted molar refractivity (Wildman–Crippen MR) is 82.3 cm³/mol. The summed E-state index contributed by atoms with van der Waals surface area (Å²) in [4.78, 5) is 37.3. The van der Waals surface area contributed by atoms with Gasteiger partial charge in [-0.15, -0.1) is 0 Å². The van der Waals surface area contributed by atoms with Gasteiger partial charge in [-0.1, -0.05) is 20.8 Å². The van der Waals surface area contributed by atoms with Gasteiger partial charge in [-0.3, -0.25) is 9.59 Å². The van der Waals surface area contributed by atoms with Crippen LogP contribution in [0.2, 0.25) is 0 Å². The highest BCUT2D eigenvalue weighted by atomic mass is 16.5. The molecule has 1 aliphatic rings. The third kappa shape index (κ3) is 5.20. The monoisotopic (exact) mass is 329 g/mol. The molecule has 7 heteroatoms. The zero-order valence-corrected chi connectivity index (χ0v) is 14.6. The number of hydrogen-bond acceptors (Lipinski definition) is 6. The summed E-state index contributed by atoms with van der Waals surface area (Å²) in [5, 5.41) is 0. The Kier molecular flexibility index (Phi) is 7.00. The van der Waals surface area contributed by atoms with Gasteiger partial charge in [0.15, 0.2) is 6.04 Å². The molecule has 1 amide bonds. The quantitative estimate of drug-likeness (QED) is 0.687. The van der Waals surface area contributed by atoms with Crippen molar-refractivity contribution in [2.24, 2.45) is 5.41 Å². The molecule has 0 aromatic rings. The lowest BCUT2D eigenvalue weighted by molar-refractivity contribution is -0.155. The molecular formula is C16H27NO6. The molecule has 132 valence electrons. The Morgan fingerprint density at radius 3 is 2.39 bits per heavy atom. The van der Waals surface area contributed by atoms with Crippen LogP contribution in [0.15, 0.2) is 0 Å². The minimum atomic E-state index is -0.737. The topological polar surface area (TPSA) is 82.1 Å². The maximum absolute atomic E-state index is 12.6. The summed E-state index contributed by atoms with van der Waals surface area (Å²) in [6.07, 6.45) is 0.208. The number of methoxy groups -OCH3 is 1. The number of carbonyl (C=O) groups is 3. The van der Waals surface area contributed by atoms with Gasteiger partial charge >= 0.3 is 11.9 Å². The molecule has 0 aromatic heterocycles. The number of esters is 2. The summed E-state index contributed by atoms with van der Waals surface area (Å²) in [6.45, 7) is 8.00. The van der Waals surface area contributed by atoms with E-state index in [1.54, 1.807) is 6.92 Å². The molecule has 0 aromatic carbocycles. The molecule has 0 bridgehead atoms. The number of amides is 1. The lowest BCUT2D eigenvalue weighted by atomic mass is 9.93. The van der Waals surface area contributed by atoms with E-state index in [1.165, 1.54) is 12.0 Å². The number of hydrogen-bond donors (Lipinski definition) is 0. The van der Waals surface area contributed by atoms with Crippen LogP contribution < -0.4 is 0 Å². The fourth-order valence-electron chi connectivity index (χ4n) is 2.54. The van der Waals surface area contributed by atoms with Crippen molar-refractivity contribution < 1.29 is 28.6 Å². The van der Waals surface area contributed by atoms with Crippen LogP contribution in [0.25, 0.3) is 0 Å². The average molecular weight is 329 g/mol. The minimum Gasteiger partial charge on any atom is -0.467 e. The molecule has 7 nitrogen and oxygen atoms in total. The van der Waals surface area contributed by atoms with Crippen LogP contribution in [-0.4, -0.2) is 55.3 Å². The van der Waals surface area contributed by atoms with Gasteiger partial charge in [-0.2, -0.15) is 0 Å². The summed E-state index contributed by atoms with van der Waals surface area (Å²) in [5.74, 6) is -1.03. The Morgan fingerprint density at radius 2 is 1.87 bits per heavy atom. The largest absolute Gasteiger partial charge is 0.467 e. The molecule has 0 aliphatic carbocycles. The first-order valence-electron chi connectivity index (χ1n) is 7.88. The molecule has 1 fully saturated rings. The van der Waals surface area contributed by atoms with E-state index in [9.17, 15) is 14.4 Å². The Hall–Kier alpha value is -1.63. The fourth-order valence-corrected chi connectivity index (χ4v) is 2.54. The van der Waals surface area contributed by atoms with E-state index in [1.807, 2.05) is 20.8 Å². The van der Waals surface area contributed by atoms with E-state index in [4.69, 9.17) is 14.2 Å². The van der Waals surface area contributed by atoms with Crippen molar-refractivity contribution in [3.63, 3.8) is 0 Å². The zero-order chi connectivity index (χ0) is 17.6. The normalized spacial score (nSPS) is 21.2. The molecule has 0 radical (unpaired) electrons. The van der Waals surface area contributed by atoms with Gasteiger partial charge < -0.3 is 19.1 Å². The molecule has 0 unspecified atom stereocenters. The van der Waals surface area contributed by atoms with Gasteiger partial charge in [0.25, 0.3) is 0 Å². The smallest absolute Gasteiger partial charge is 0.331 e. The van der Waals surface area contributed by atoms with Crippen molar-refractivity contribution >= 4 is 17.8 Å². The third-order valence-corrected chi connectivity index (χ3v) is 3.58. The van der Waals surface area contributed by atoms with E-state index in [0.717, 1.165) is 0 Å². The molecule has 1 saturated heterocycles. The SMILES string of the molecule is CCOC(=O)CCCC(=O)N1[C@H](C(=O)OC)CO[C@@H]1C(C)(C)C. The Bertz CT molecular complexity index is 442. The van der Waals surface area contributed by atoms with Crippen molar-refractivity contribution in [2.45, 2.75) is 59.2 Å². The van der Waals surface area contributed by atoms with Crippen molar-refractivity contribution in [2.75, 3.05) is 20.3 Å². The molecule has 1 aliphatic heterocycles. The standard InChI is InChI=1S/C16H27NO6/c1-6-22-13(19)9-7-8-12(18)17-11(14(20)21-5)10-23-15(17)16(2,3)4/h11,15H,6-10H2,1-5H3/t11-,15+/m0/s1. The van der Waals surface area contributed by atoms with Crippen LogP contribution in [0.5, 0.6) is 0 Å². The highest BCUT2D eigenvalue weighted by molar-refractivity contribution is 5.85. The van der Waals surface area contributed by atoms with Gasteiger partial charge in [0, 0.05) is 18.3 Å². The first kappa shape index (κ1) is 19.4. The molecule has 1 rings (SSSR count). The number of carbonyl (C=O) groups excluding carboxylic acids is 3. The number of ether oxygens (including phenoxy) is 3. The lowest BCUT2D eigenvalue weighted by Crippen LogP contribution is -2.50. The molecule has 0 N–H and O–H groups in total. The maximum Gasteiger partial charge on any atom is 0.331 e. The molecular weight excluding hydrogens is 302 g/mol. The average Bonchev–Trinajstić information content (AvgIpc) is 2.91. The third-order valence-electron chi connectivity index (χ3n) is 3.58. The van der Waals surface area contributed by atoms with Gasteiger partial charge in [-0.05, 0) is 13.3 Å². The summed E-state index contributed by atoms with van der Waals surface area (Å²) >= 11 is 0. The van der Waals surface area contributed by atoms with Crippen LogP contribution in [0.3, 0.4) is 0 Å². The highest BCUT2D eigenvalue weighted by Gasteiger charge is 2.47. The molecule has 0 spiro atoms. The Morgan fingerprint density at radius 1 is 1.22 bits per heavy atom. The van der Waals surface area contributed by atoms with E-state index >= 15 is 0 Å². The van der Waals surface area contributed by atoms with E-state index in [0.29, 0.717) is 13.0 Å². The second-order valence-corrected chi connectivity index (χ2v) is 6.55. The number of rotatable bonds is 6. The Labute approximate surface area is 137 Å². The van der Waals surface area contributed by atoms with E-state index in [-0.39, 0.29) is 36.7 Å². The fraction of sp³-hybridized carbons (Fsp3) is 0.812. The van der Waals surface area contributed by atoms with Crippen molar-refractivity contribution in [1.82, 2.24) is 4.90 Å². The predicted octanol–water partition coefficient (Wildman–Crippen LogP) is 1.49. The van der Waals surface area contributed by atoms with E-state index < -0.39 is 18.2 Å². The second kappa shape index (κ2) is 8.29.